The Bertz CT molecular complexity index is 751. The zero-order valence-electron chi connectivity index (χ0n) is 12.1. The highest BCUT2D eigenvalue weighted by Gasteiger charge is 2.53. The number of carboxylic acids is 1. The minimum absolute atomic E-state index is 0.0684. The molecule has 1 fully saturated rings. The van der Waals surface area contributed by atoms with Gasteiger partial charge in [-0.2, -0.15) is 0 Å². The van der Waals surface area contributed by atoms with Crippen molar-refractivity contribution in [2.45, 2.75) is 12.2 Å². The van der Waals surface area contributed by atoms with Gasteiger partial charge >= 0.3 is 17.7 Å². The van der Waals surface area contributed by atoms with Gasteiger partial charge < -0.3 is 14.6 Å². The Balaban J connectivity index is 1.90. The molecule has 5 heteroatoms. The molecule has 0 spiro atoms. The molecule has 5 nitrogen and oxygen atoms in total. The average Bonchev–Trinajstić information content (AvgIpc) is 2.86. The van der Waals surface area contributed by atoms with Crippen LogP contribution in [0.3, 0.4) is 0 Å². The average molecular weight is 310 g/mol. The molecule has 0 saturated carbocycles. The summed E-state index contributed by atoms with van der Waals surface area (Å²) in [4.78, 5) is 23.7. The van der Waals surface area contributed by atoms with Crippen molar-refractivity contribution in [3.05, 3.63) is 77.5 Å². The van der Waals surface area contributed by atoms with Crippen LogP contribution in [0.1, 0.15) is 11.1 Å². The molecule has 0 radical (unpaired) electrons. The molecule has 23 heavy (non-hydrogen) atoms. The highest BCUT2D eigenvalue weighted by Crippen LogP contribution is 2.32. The van der Waals surface area contributed by atoms with Gasteiger partial charge in [-0.15, -0.1) is 0 Å². The number of carbonyl (C=O) groups is 2. The summed E-state index contributed by atoms with van der Waals surface area (Å²) in [6.07, 6.45) is 1.40. The largest absolute Gasteiger partial charge is 0.475 e. The fraction of sp³-hybridized carbons (Fsp3) is 0.111. The van der Waals surface area contributed by atoms with Gasteiger partial charge in [-0.1, -0.05) is 60.7 Å². The Labute approximate surface area is 132 Å². The second kappa shape index (κ2) is 5.96. The number of carboxylic acid groups (broad SMARTS) is 1. The second-order valence-electron chi connectivity index (χ2n) is 5.13. The third-order valence-electron chi connectivity index (χ3n) is 3.44. The molecule has 3 rings (SSSR count). The zero-order valence-corrected chi connectivity index (χ0v) is 12.1. The molecule has 2 aromatic carbocycles. The van der Waals surface area contributed by atoms with Crippen LogP contribution in [0.5, 0.6) is 0 Å². The summed E-state index contributed by atoms with van der Waals surface area (Å²) >= 11 is 0. The summed E-state index contributed by atoms with van der Waals surface area (Å²) in [5, 5.41) is 9.50. The molecule has 2 aromatic rings. The van der Waals surface area contributed by atoms with Crippen LogP contribution in [0, 0.1) is 0 Å². The zero-order chi connectivity index (χ0) is 16.3. The first-order valence-electron chi connectivity index (χ1n) is 7.05. The van der Waals surface area contributed by atoms with E-state index in [2.05, 4.69) is 0 Å². The molecular formula is C18H14O5. The Morgan fingerprint density at radius 3 is 2.22 bits per heavy atom. The lowest BCUT2D eigenvalue weighted by Crippen LogP contribution is -2.42. The van der Waals surface area contributed by atoms with Gasteiger partial charge in [0.05, 0.1) is 6.42 Å². The monoisotopic (exact) mass is 310 g/mol. The highest BCUT2D eigenvalue weighted by atomic mass is 16.8. The van der Waals surface area contributed by atoms with Crippen LogP contribution in [-0.2, 0) is 25.5 Å². The lowest BCUT2D eigenvalue weighted by molar-refractivity contribution is -0.200. The van der Waals surface area contributed by atoms with Gasteiger partial charge in [-0.25, -0.2) is 9.59 Å². The maximum Gasteiger partial charge on any atom is 0.390 e. The Hall–Kier alpha value is -3.08. The molecule has 1 heterocycles. The third kappa shape index (κ3) is 3.08. The molecular weight excluding hydrogens is 296 g/mol. The lowest BCUT2D eigenvalue weighted by Gasteiger charge is -2.21. The number of esters is 1. The number of cyclic esters (lactones) is 1. The van der Waals surface area contributed by atoms with Gasteiger partial charge in [0.2, 0.25) is 5.76 Å². The number of hydrogen-bond acceptors (Lipinski definition) is 4. The van der Waals surface area contributed by atoms with Crippen LogP contribution in [-0.4, -0.2) is 22.8 Å². The first kappa shape index (κ1) is 14.8. The number of rotatable bonds is 4. The van der Waals surface area contributed by atoms with Gasteiger partial charge in [-0.3, -0.25) is 0 Å². The second-order valence-corrected chi connectivity index (χ2v) is 5.13. The number of hydrogen-bond donors (Lipinski definition) is 1. The number of ether oxygens (including phenoxy) is 2. The maximum atomic E-state index is 12.0. The topological polar surface area (TPSA) is 72.8 Å². The van der Waals surface area contributed by atoms with Gasteiger partial charge in [0.15, 0.2) is 0 Å². The molecule has 116 valence electrons. The predicted molar refractivity (Wildman–Crippen MR) is 82.1 cm³/mol. The van der Waals surface area contributed by atoms with E-state index >= 15 is 0 Å². The van der Waals surface area contributed by atoms with E-state index in [0.717, 1.165) is 5.56 Å². The SMILES string of the molecule is O=C1OC(Cc2ccccc2)(C(=O)O)O/C1=C\c1ccccc1. The summed E-state index contributed by atoms with van der Waals surface area (Å²) < 4.78 is 10.5. The van der Waals surface area contributed by atoms with Crippen LogP contribution < -0.4 is 0 Å². The maximum absolute atomic E-state index is 12.0. The number of carbonyl (C=O) groups excluding carboxylic acids is 1. The van der Waals surface area contributed by atoms with Gasteiger partial charge in [0, 0.05) is 0 Å². The molecule has 0 aromatic heterocycles. The van der Waals surface area contributed by atoms with E-state index in [1.807, 2.05) is 12.1 Å². The van der Waals surface area contributed by atoms with Crippen molar-refractivity contribution in [2.24, 2.45) is 0 Å². The van der Waals surface area contributed by atoms with Crippen LogP contribution >= 0.6 is 0 Å². The summed E-state index contributed by atoms with van der Waals surface area (Å²) in [7, 11) is 0. The van der Waals surface area contributed by atoms with Crippen molar-refractivity contribution in [3.8, 4) is 0 Å². The Morgan fingerprint density at radius 2 is 1.61 bits per heavy atom. The van der Waals surface area contributed by atoms with Gasteiger partial charge in [-0.05, 0) is 17.2 Å². The molecule has 0 bridgehead atoms. The van der Waals surface area contributed by atoms with Gasteiger partial charge in [0.25, 0.3) is 0 Å². The predicted octanol–water partition coefficient (Wildman–Crippen LogP) is 2.62. The minimum Gasteiger partial charge on any atom is -0.475 e. The van der Waals surface area contributed by atoms with Crippen LogP contribution in [0.2, 0.25) is 0 Å². The quantitative estimate of drug-likeness (QED) is 0.694. The smallest absolute Gasteiger partial charge is 0.390 e. The first-order valence-corrected chi connectivity index (χ1v) is 7.05. The van der Waals surface area contributed by atoms with Crippen molar-refractivity contribution in [1.82, 2.24) is 0 Å². The molecule has 1 saturated heterocycles. The van der Waals surface area contributed by atoms with E-state index in [1.54, 1.807) is 48.5 Å². The van der Waals surface area contributed by atoms with E-state index in [0.29, 0.717) is 5.56 Å². The standard InChI is InChI=1S/C18H14O5/c19-16-15(11-13-7-3-1-4-8-13)22-18(23-16,17(20)21)12-14-9-5-2-6-10-14/h1-11H,12H2,(H,20,21)/b15-11-. The van der Waals surface area contributed by atoms with Crippen molar-refractivity contribution < 1.29 is 24.2 Å². The Morgan fingerprint density at radius 1 is 1.00 bits per heavy atom. The fourth-order valence-electron chi connectivity index (χ4n) is 2.33. The van der Waals surface area contributed by atoms with Crippen LogP contribution in [0.4, 0.5) is 0 Å². The molecule has 1 N–H and O–H groups in total. The van der Waals surface area contributed by atoms with Crippen molar-refractivity contribution in [3.63, 3.8) is 0 Å². The number of aliphatic carboxylic acids is 1. The van der Waals surface area contributed by atoms with Crippen LogP contribution in [0.25, 0.3) is 6.08 Å². The minimum atomic E-state index is -2.03. The Kier molecular flexibility index (Phi) is 3.85. The van der Waals surface area contributed by atoms with E-state index in [4.69, 9.17) is 9.47 Å². The van der Waals surface area contributed by atoms with E-state index in [1.165, 1.54) is 6.08 Å². The molecule has 0 aliphatic carbocycles. The first-order chi connectivity index (χ1) is 11.1. The lowest BCUT2D eigenvalue weighted by atomic mass is 10.1. The summed E-state index contributed by atoms with van der Waals surface area (Å²) in [5.74, 6) is -4.27. The molecule has 1 aliphatic rings. The number of benzene rings is 2. The van der Waals surface area contributed by atoms with E-state index in [9.17, 15) is 14.7 Å². The normalized spacial score (nSPS) is 21.7. The van der Waals surface area contributed by atoms with Gasteiger partial charge in [0.1, 0.15) is 0 Å². The van der Waals surface area contributed by atoms with Crippen molar-refractivity contribution in [1.29, 1.82) is 0 Å². The highest BCUT2D eigenvalue weighted by molar-refractivity contribution is 5.96. The molecule has 1 aliphatic heterocycles. The summed E-state index contributed by atoms with van der Waals surface area (Å²) in [5.41, 5.74) is 1.42. The third-order valence-corrected chi connectivity index (χ3v) is 3.44. The molecule has 1 unspecified atom stereocenters. The van der Waals surface area contributed by atoms with E-state index < -0.39 is 17.7 Å². The summed E-state index contributed by atoms with van der Waals surface area (Å²) in [6, 6.07) is 17.9. The fourth-order valence-corrected chi connectivity index (χ4v) is 2.33. The molecule has 1 atom stereocenters. The van der Waals surface area contributed by atoms with E-state index in [-0.39, 0.29) is 12.2 Å². The molecule has 0 amide bonds. The summed E-state index contributed by atoms with van der Waals surface area (Å²) in [6.45, 7) is 0. The van der Waals surface area contributed by atoms with Crippen molar-refractivity contribution >= 4 is 18.0 Å². The van der Waals surface area contributed by atoms with Crippen molar-refractivity contribution in [2.75, 3.05) is 0 Å². The van der Waals surface area contributed by atoms with Crippen LogP contribution in [0.15, 0.2) is 66.4 Å².